The molecule has 1 saturated heterocycles. The lowest BCUT2D eigenvalue weighted by Gasteiger charge is -2.26. The Balaban J connectivity index is 1.73. The molecule has 0 spiro atoms. The molecule has 0 atom stereocenters. The van der Waals surface area contributed by atoms with Crippen LogP contribution < -0.4 is 10.6 Å². The molecule has 116 valence electrons. The van der Waals surface area contributed by atoms with Crippen molar-refractivity contribution in [1.29, 1.82) is 0 Å². The van der Waals surface area contributed by atoms with Gasteiger partial charge in [0, 0.05) is 32.1 Å². The van der Waals surface area contributed by atoms with E-state index in [1.165, 1.54) is 0 Å². The first kappa shape index (κ1) is 15.7. The van der Waals surface area contributed by atoms with E-state index in [-0.39, 0.29) is 11.8 Å². The van der Waals surface area contributed by atoms with Gasteiger partial charge < -0.3 is 15.4 Å². The van der Waals surface area contributed by atoms with Crippen molar-refractivity contribution >= 4 is 17.4 Å². The third-order valence-electron chi connectivity index (χ3n) is 3.39. The molecule has 1 aromatic heterocycles. The van der Waals surface area contributed by atoms with Gasteiger partial charge in [0.05, 0.1) is 25.1 Å². The number of hydrogen-bond acceptors (Lipinski definition) is 5. The number of carbonyl (C=O) groups is 1. The van der Waals surface area contributed by atoms with Crippen LogP contribution in [0.1, 0.15) is 13.8 Å². The monoisotopic (exact) mass is 292 g/mol. The predicted molar refractivity (Wildman–Crippen MR) is 83.5 cm³/mol. The molecule has 6 heteroatoms. The minimum atomic E-state index is -0.0312. The largest absolute Gasteiger partial charge is 0.379 e. The van der Waals surface area contributed by atoms with E-state index in [1.807, 2.05) is 26.0 Å². The fourth-order valence-corrected chi connectivity index (χ4v) is 2.03. The summed E-state index contributed by atoms with van der Waals surface area (Å²) in [5, 5.41) is 6.11. The molecular weight excluding hydrogens is 268 g/mol. The Morgan fingerprint density at radius 1 is 1.38 bits per heavy atom. The molecule has 1 amide bonds. The number of ether oxygens (including phenoxy) is 1. The zero-order valence-corrected chi connectivity index (χ0v) is 12.8. The van der Waals surface area contributed by atoms with Crippen molar-refractivity contribution in [3.8, 4) is 0 Å². The number of rotatable bonds is 6. The minimum absolute atomic E-state index is 0.00447. The number of amides is 1. The van der Waals surface area contributed by atoms with E-state index in [2.05, 4.69) is 20.5 Å². The number of morpholine rings is 1. The Bertz CT molecular complexity index is 441. The quantitative estimate of drug-likeness (QED) is 0.830. The van der Waals surface area contributed by atoms with Crippen LogP contribution in [-0.2, 0) is 9.53 Å². The minimum Gasteiger partial charge on any atom is -0.379 e. The van der Waals surface area contributed by atoms with Gasteiger partial charge in [-0.25, -0.2) is 4.98 Å². The van der Waals surface area contributed by atoms with Crippen molar-refractivity contribution in [1.82, 2.24) is 9.88 Å². The van der Waals surface area contributed by atoms with Crippen LogP contribution in [0.3, 0.4) is 0 Å². The molecule has 2 heterocycles. The van der Waals surface area contributed by atoms with Crippen molar-refractivity contribution < 1.29 is 9.53 Å². The van der Waals surface area contributed by atoms with Gasteiger partial charge in [-0.1, -0.05) is 13.8 Å². The van der Waals surface area contributed by atoms with E-state index in [4.69, 9.17) is 4.74 Å². The molecule has 2 rings (SSSR count). The summed E-state index contributed by atoms with van der Waals surface area (Å²) in [5.74, 6) is 0.798. The van der Waals surface area contributed by atoms with Crippen molar-refractivity contribution in [2.45, 2.75) is 13.8 Å². The summed E-state index contributed by atoms with van der Waals surface area (Å²) in [5.41, 5.74) is 0.729. The maximum Gasteiger partial charge on any atom is 0.226 e. The molecule has 0 unspecified atom stereocenters. The molecule has 6 nitrogen and oxygen atoms in total. The van der Waals surface area contributed by atoms with Crippen LogP contribution >= 0.6 is 0 Å². The average Bonchev–Trinajstić information content (AvgIpc) is 2.50. The Morgan fingerprint density at radius 3 is 2.76 bits per heavy atom. The van der Waals surface area contributed by atoms with Crippen molar-refractivity contribution in [2.75, 3.05) is 50.0 Å². The van der Waals surface area contributed by atoms with Gasteiger partial charge in [-0.15, -0.1) is 0 Å². The third-order valence-corrected chi connectivity index (χ3v) is 3.39. The molecule has 0 aliphatic carbocycles. The second-order valence-electron chi connectivity index (χ2n) is 5.46. The summed E-state index contributed by atoms with van der Waals surface area (Å²) in [6.07, 6.45) is 1.68. The number of pyridine rings is 1. The lowest BCUT2D eigenvalue weighted by Crippen LogP contribution is -2.39. The maximum atomic E-state index is 11.6. The Labute approximate surface area is 125 Å². The summed E-state index contributed by atoms with van der Waals surface area (Å²) < 4.78 is 5.32. The first-order chi connectivity index (χ1) is 10.1. The number of nitrogens with one attached hydrogen (secondary N) is 2. The van der Waals surface area contributed by atoms with Crippen molar-refractivity contribution in [3.05, 3.63) is 18.3 Å². The fourth-order valence-electron chi connectivity index (χ4n) is 2.03. The molecule has 21 heavy (non-hydrogen) atoms. The third kappa shape index (κ3) is 5.32. The molecular formula is C15H24N4O2. The van der Waals surface area contributed by atoms with Gasteiger partial charge in [0.1, 0.15) is 5.82 Å². The van der Waals surface area contributed by atoms with Crippen LogP contribution in [0.15, 0.2) is 18.3 Å². The summed E-state index contributed by atoms with van der Waals surface area (Å²) in [7, 11) is 0. The van der Waals surface area contributed by atoms with E-state index < -0.39 is 0 Å². The number of carbonyl (C=O) groups excluding carboxylic acids is 1. The highest BCUT2D eigenvalue weighted by Crippen LogP contribution is 2.10. The second-order valence-corrected chi connectivity index (χ2v) is 5.46. The molecule has 1 fully saturated rings. The fraction of sp³-hybridized carbons (Fsp3) is 0.600. The van der Waals surface area contributed by atoms with Gasteiger partial charge in [-0.2, -0.15) is 0 Å². The number of nitrogens with zero attached hydrogens (tertiary/aromatic N) is 2. The highest BCUT2D eigenvalue weighted by molar-refractivity contribution is 5.91. The van der Waals surface area contributed by atoms with Crippen molar-refractivity contribution in [2.24, 2.45) is 5.92 Å². The first-order valence-corrected chi connectivity index (χ1v) is 7.46. The lowest BCUT2D eigenvalue weighted by atomic mass is 10.2. The van der Waals surface area contributed by atoms with Gasteiger partial charge >= 0.3 is 0 Å². The molecule has 0 bridgehead atoms. The molecule has 0 radical (unpaired) electrons. The van der Waals surface area contributed by atoms with Gasteiger partial charge in [-0.05, 0) is 12.1 Å². The number of aromatic nitrogens is 1. The lowest BCUT2D eigenvalue weighted by molar-refractivity contribution is -0.118. The normalized spacial score (nSPS) is 16.0. The predicted octanol–water partition coefficient (Wildman–Crippen LogP) is 1.42. The zero-order valence-electron chi connectivity index (χ0n) is 12.8. The highest BCUT2D eigenvalue weighted by atomic mass is 16.5. The van der Waals surface area contributed by atoms with Gasteiger partial charge in [-0.3, -0.25) is 9.69 Å². The molecule has 1 aliphatic heterocycles. The first-order valence-electron chi connectivity index (χ1n) is 7.46. The molecule has 2 N–H and O–H groups in total. The van der Waals surface area contributed by atoms with Crippen LogP contribution in [-0.4, -0.2) is 55.2 Å². The molecule has 0 aromatic carbocycles. The van der Waals surface area contributed by atoms with Gasteiger partial charge in [0.15, 0.2) is 0 Å². The SMILES string of the molecule is CC(C)C(=O)Nc1ccc(NCCN2CCOCC2)nc1. The van der Waals surface area contributed by atoms with Crippen LogP contribution in [0.5, 0.6) is 0 Å². The van der Waals surface area contributed by atoms with E-state index >= 15 is 0 Å². The maximum absolute atomic E-state index is 11.6. The second kappa shape index (κ2) is 7.95. The van der Waals surface area contributed by atoms with Gasteiger partial charge in [0.2, 0.25) is 5.91 Å². The number of hydrogen-bond donors (Lipinski definition) is 2. The van der Waals surface area contributed by atoms with E-state index in [0.29, 0.717) is 0 Å². The summed E-state index contributed by atoms with van der Waals surface area (Å²) in [6, 6.07) is 3.75. The summed E-state index contributed by atoms with van der Waals surface area (Å²) in [6.45, 7) is 9.20. The van der Waals surface area contributed by atoms with E-state index in [0.717, 1.165) is 50.9 Å². The smallest absolute Gasteiger partial charge is 0.226 e. The number of anilines is 2. The van der Waals surface area contributed by atoms with Crippen LogP contribution in [0.2, 0.25) is 0 Å². The molecule has 1 aromatic rings. The Morgan fingerprint density at radius 2 is 2.14 bits per heavy atom. The summed E-state index contributed by atoms with van der Waals surface area (Å²) in [4.78, 5) is 18.2. The molecule has 0 saturated carbocycles. The summed E-state index contributed by atoms with van der Waals surface area (Å²) >= 11 is 0. The van der Waals surface area contributed by atoms with Crippen LogP contribution in [0, 0.1) is 5.92 Å². The van der Waals surface area contributed by atoms with Crippen LogP contribution in [0.4, 0.5) is 11.5 Å². The Hall–Kier alpha value is -1.66. The van der Waals surface area contributed by atoms with E-state index in [1.54, 1.807) is 6.20 Å². The average molecular weight is 292 g/mol. The van der Waals surface area contributed by atoms with Gasteiger partial charge in [0.25, 0.3) is 0 Å². The van der Waals surface area contributed by atoms with E-state index in [9.17, 15) is 4.79 Å². The Kier molecular flexibility index (Phi) is 5.95. The highest BCUT2D eigenvalue weighted by Gasteiger charge is 2.09. The molecule has 1 aliphatic rings. The topological polar surface area (TPSA) is 66.5 Å². The van der Waals surface area contributed by atoms with Crippen molar-refractivity contribution in [3.63, 3.8) is 0 Å². The standard InChI is InChI=1S/C15H24N4O2/c1-12(2)15(20)18-13-3-4-14(17-11-13)16-5-6-19-7-9-21-10-8-19/h3-4,11-12H,5-10H2,1-2H3,(H,16,17)(H,18,20). The van der Waals surface area contributed by atoms with Crippen LogP contribution in [0.25, 0.3) is 0 Å². The zero-order chi connectivity index (χ0) is 15.1.